The maximum Gasteiger partial charge on any atom is 0.0346 e. The van der Waals surface area contributed by atoms with Crippen molar-refractivity contribution in [2.75, 3.05) is 13.1 Å². The number of benzene rings is 1. The van der Waals surface area contributed by atoms with E-state index in [1.54, 1.807) is 0 Å². The highest BCUT2D eigenvalue weighted by atomic mass is 14.9. The van der Waals surface area contributed by atoms with Crippen LogP contribution >= 0.6 is 0 Å². The van der Waals surface area contributed by atoms with Gasteiger partial charge in [-0.25, -0.2) is 0 Å². The highest BCUT2D eigenvalue weighted by Gasteiger charge is 2.16. The van der Waals surface area contributed by atoms with E-state index in [-0.39, 0.29) is 0 Å². The molecule has 82 valence electrons. The van der Waals surface area contributed by atoms with Gasteiger partial charge in [0.2, 0.25) is 0 Å². The van der Waals surface area contributed by atoms with Crippen molar-refractivity contribution in [2.24, 2.45) is 0 Å². The summed E-state index contributed by atoms with van der Waals surface area (Å²) in [7, 11) is 0. The second kappa shape index (κ2) is 4.22. The van der Waals surface area contributed by atoms with E-state index in [2.05, 4.69) is 34.6 Å². The molecule has 3 rings (SSSR count). The largest absolute Gasteiger partial charge is 0.316 e. The van der Waals surface area contributed by atoms with E-state index in [4.69, 9.17) is 0 Å². The number of nitrogens with one attached hydrogen (secondary N) is 1. The first kappa shape index (κ1) is 9.79. The van der Waals surface area contributed by atoms with Gasteiger partial charge in [0.25, 0.3) is 0 Å². The van der Waals surface area contributed by atoms with Gasteiger partial charge in [-0.15, -0.1) is 0 Å². The summed E-state index contributed by atoms with van der Waals surface area (Å²) in [5, 5.41) is 6.10. The van der Waals surface area contributed by atoms with Gasteiger partial charge in [-0.05, 0) is 42.3 Å². The van der Waals surface area contributed by atoms with Gasteiger partial charge >= 0.3 is 0 Å². The molecule has 2 aromatic rings. The predicted octanol–water partition coefficient (Wildman–Crippen LogP) is 2.70. The van der Waals surface area contributed by atoms with Gasteiger partial charge in [-0.1, -0.05) is 18.2 Å². The lowest BCUT2D eigenvalue weighted by Crippen LogP contribution is -2.28. The van der Waals surface area contributed by atoms with Gasteiger partial charge in [-0.2, -0.15) is 0 Å². The summed E-state index contributed by atoms with van der Waals surface area (Å²) in [4.78, 5) is 4.18. The normalized spacial score (nSPS) is 21.1. The van der Waals surface area contributed by atoms with E-state index in [0.29, 0.717) is 5.92 Å². The third-order valence-corrected chi connectivity index (χ3v) is 3.45. The average molecular weight is 212 g/mol. The van der Waals surface area contributed by atoms with Crippen LogP contribution in [0.4, 0.5) is 0 Å². The average Bonchev–Trinajstić information content (AvgIpc) is 2.39. The highest BCUT2D eigenvalue weighted by Crippen LogP contribution is 2.29. The molecule has 1 aliphatic heterocycles. The summed E-state index contributed by atoms with van der Waals surface area (Å²) in [5.41, 5.74) is 1.48. The van der Waals surface area contributed by atoms with Gasteiger partial charge in [-0.3, -0.25) is 4.98 Å². The van der Waals surface area contributed by atoms with Crippen LogP contribution in [0.2, 0.25) is 0 Å². The van der Waals surface area contributed by atoms with E-state index < -0.39 is 0 Å². The fourth-order valence-electron chi connectivity index (χ4n) is 2.62. The van der Waals surface area contributed by atoms with Crippen molar-refractivity contribution >= 4 is 10.8 Å². The number of hydrogen-bond donors (Lipinski definition) is 1. The fourth-order valence-corrected chi connectivity index (χ4v) is 2.62. The molecule has 1 N–H and O–H groups in total. The molecule has 0 radical (unpaired) electrons. The molecule has 1 atom stereocenters. The van der Waals surface area contributed by atoms with Gasteiger partial charge in [0.05, 0.1) is 0 Å². The zero-order valence-electron chi connectivity index (χ0n) is 9.32. The highest BCUT2D eigenvalue weighted by molar-refractivity contribution is 5.85. The Hall–Kier alpha value is -1.41. The van der Waals surface area contributed by atoms with Crippen molar-refractivity contribution in [3.05, 3.63) is 42.2 Å². The molecule has 0 saturated carbocycles. The molecular weight excluding hydrogens is 196 g/mol. The number of nitrogens with zero attached hydrogens (tertiary/aromatic N) is 1. The Morgan fingerprint density at radius 2 is 2.25 bits per heavy atom. The van der Waals surface area contributed by atoms with Crippen LogP contribution in [0.1, 0.15) is 24.3 Å². The number of hydrogen-bond acceptors (Lipinski definition) is 2. The van der Waals surface area contributed by atoms with Crippen molar-refractivity contribution in [1.82, 2.24) is 10.3 Å². The van der Waals surface area contributed by atoms with Gasteiger partial charge in [0.15, 0.2) is 0 Å². The van der Waals surface area contributed by atoms with Crippen LogP contribution < -0.4 is 5.32 Å². The van der Waals surface area contributed by atoms with E-state index in [1.165, 1.54) is 35.7 Å². The molecule has 2 heterocycles. The monoisotopic (exact) mass is 212 g/mol. The molecule has 0 aliphatic carbocycles. The molecule has 1 fully saturated rings. The lowest BCUT2D eigenvalue weighted by atomic mass is 9.89. The molecule has 2 nitrogen and oxygen atoms in total. The van der Waals surface area contributed by atoms with E-state index >= 15 is 0 Å². The number of rotatable bonds is 1. The third-order valence-electron chi connectivity index (χ3n) is 3.45. The van der Waals surface area contributed by atoms with Crippen LogP contribution in [-0.4, -0.2) is 18.1 Å². The maximum absolute atomic E-state index is 4.18. The lowest BCUT2D eigenvalue weighted by molar-refractivity contribution is 0.463. The van der Waals surface area contributed by atoms with Crippen LogP contribution in [-0.2, 0) is 0 Å². The second-order valence-electron chi connectivity index (χ2n) is 4.49. The molecule has 0 amide bonds. The minimum Gasteiger partial charge on any atom is -0.316 e. The summed E-state index contributed by atoms with van der Waals surface area (Å²) in [6, 6.07) is 8.69. The molecule has 0 spiro atoms. The molecule has 1 unspecified atom stereocenters. The number of aromatic nitrogens is 1. The molecule has 0 bridgehead atoms. The van der Waals surface area contributed by atoms with Crippen molar-refractivity contribution in [3.63, 3.8) is 0 Å². The Bertz CT molecular complexity index is 482. The minimum absolute atomic E-state index is 0.667. The fraction of sp³-hybridized carbons (Fsp3) is 0.357. The van der Waals surface area contributed by atoms with Crippen LogP contribution in [0.15, 0.2) is 36.7 Å². The Morgan fingerprint density at radius 1 is 1.25 bits per heavy atom. The summed E-state index contributed by atoms with van der Waals surface area (Å²) >= 11 is 0. The summed E-state index contributed by atoms with van der Waals surface area (Å²) in [6.45, 7) is 2.28. The maximum atomic E-state index is 4.18. The van der Waals surface area contributed by atoms with Crippen molar-refractivity contribution < 1.29 is 0 Å². The van der Waals surface area contributed by atoms with Gasteiger partial charge < -0.3 is 5.32 Å². The molecule has 1 aromatic heterocycles. The zero-order chi connectivity index (χ0) is 10.8. The number of fused-ring (bicyclic) bond motifs is 1. The lowest BCUT2D eigenvalue weighted by Gasteiger charge is -2.24. The third kappa shape index (κ3) is 1.69. The van der Waals surface area contributed by atoms with E-state index in [9.17, 15) is 0 Å². The Kier molecular flexibility index (Phi) is 2.58. The van der Waals surface area contributed by atoms with E-state index in [1.807, 2.05) is 12.4 Å². The first-order valence-electron chi connectivity index (χ1n) is 5.98. The predicted molar refractivity (Wildman–Crippen MR) is 66.6 cm³/mol. The first-order valence-corrected chi connectivity index (χ1v) is 5.98. The SMILES string of the molecule is c1cc(C2CCCNC2)c2ccncc2c1. The van der Waals surface area contributed by atoms with Crippen LogP contribution in [0.5, 0.6) is 0 Å². The van der Waals surface area contributed by atoms with Crippen molar-refractivity contribution in [2.45, 2.75) is 18.8 Å². The van der Waals surface area contributed by atoms with Crippen LogP contribution in [0, 0.1) is 0 Å². The zero-order valence-corrected chi connectivity index (χ0v) is 9.32. The summed E-state index contributed by atoms with van der Waals surface area (Å²) in [5.74, 6) is 0.667. The second-order valence-corrected chi connectivity index (χ2v) is 4.49. The van der Waals surface area contributed by atoms with Crippen LogP contribution in [0.25, 0.3) is 10.8 Å². The van der Waals surface area contributed by atoms with Gasteiger partial charge in [0, 0.05) is 24.3 Å². The Balaban J connectivity index is 2.08. The number of pyridine rings is 1. The summed E-state index contributed by atoms with van der Waals surface area (Å²) < 4.78 is 0. The van der Waals surface area contributed by atoms with Gasteiger partial charge in [0.1, 0.15) is 0 Å². The van der Waals surface area contributed by atoms with E-state index in [0.717, 1.165) is 6.54 Å². The standard InChI is InChI=1S/C14H16N2/c1-3-11-10-16-8-6-14(11)13(5-1)12-4-2-7-15-9-12/h1,3,5-6,8,10,12,15H,2,4,7,9H2. The molecule has 1 saturated heterocycles. The summed E-state index contributed by atoms with van der Waals surface area (Å²) in [6.07, 6.45) is 6.43. The molecular formula is C14H16N2. The smallest absolute Gasteiger partial charge is 0.0346 e. The number of piperidine rings is 1. The van der Waals surface area contributed by atoms with Crippen LogP contribution in [0.3, 0.4) is 0 Å². The Morgan fingerprint density at radius 3 is 3.12 bits per heavy atom. The molecule has 2 heteroatoms. The first-order chi connectivity index (χ1) is 7.95. The minimum atomic E-state index is 0.667. The topological polar surface area (TPSA) is 24.9 Å². The Labute approximate surface area is 95.7 Å². The molecule has 1 aliphatic rings. The van der Waals surface area contributed by atoms with Crippen molar-refractivity contribution in [3.8, 4) is 0 Å². The quantitative estimate of drug-likeness (QED) is 0.786. The van der Waals surface area contributed by atoms with Crippen molar-refractivity contribution in [1.29, 1.82) is 0 Å². The molecule has 16 heavy (non-hydrogen) atoms. The molecule has 1 aromatic carbocycles.